The molecule has 0 saturated carbocycles. The van der Waals surface area contributed by atoms with Gasteiger partial charge in [0.1, 0.15) is 5.69 Å². The van der Waals surface area contributed by atoms with Crippen molar-refractivity contribution < 1.29 is 17.6 Å². The third kappa shape index (κ3) is 2.21. The minimum atomic E-state index is -4.40. The average Bonchev–Trinajstić information content (AvgIpc) is 2.64. The first-order chi connectivity index (χ1) is 7.47. The van der Waals surface area contributed by atoms with Crippen molar-refractivity contribution in [3.8, 4) is 11.6 Å². The molecule has 0 aliphatic rings. The van der Waals surface area contributed by atoms with Gasteiger partial charge in [-0.25, -0.2) is 0 Å². The molecule has 0 aliphatic heterocycles. The second-order valence-corrected chi connectivity index (χ2v) is 3.47. The Morgan fingerprint density at radius 2 is 1.94 bits per heavy atom. The minimum absolute atomic E-state index is 0.0561. The van der Waals surface area contributed by atoms with Crippen LogP contribution in [0.3, 0.4) is 0 Å². The predicted molar refractivity (Wildman–Crippen MR) is 50.2 cm³/mol. The summed E-state index contributed by atoms with van der Waals surface area (Å²) in [6.07, 6.45) is -3.69. The van der Waals surface area contributed by atoms with E-state index in [1.54, 1.807) is 0 Å². The lowest BCUT2D eigenvalue weighted by Crippen LogP contribution is -2.05. The number of halogens is 4. The molecule has 2 heterocycles. The van der Waals surface area contributed by atoms with Crippen molar-refractivity contribution in [3.05, 3.63) is 28.7 Å². The van der Waals surface area contributed by atoms with Gasteiger partial charge in [0.05, 0.1) is 5.56 Å². The van der Waals surface area contributed by atoms with Crippen LogP contribution in [-0.2, 0) is 6.18 Å². The number of rotatable bonds is 1. The molecule has 0 radical (unpaired) electrons. The minimum Gasteiger partial charge on any atom is -0.409 e. The van der Waals surface area contributed by atoms with E-state index in [0.29, 0.717) is 6.20 Å². The monoisotopic (exact) mass is 293 g/mol. The van der Waals surface area contributed by atoms with E-state index in [9.17, 15) is 13.2 Å². The molecule has 0 aliphatic carbocycles. The molecule has 0 unspecified atom stereocenters. The van der Waals surface area contributed by atoms with Gasteiger partial charge in [0.25, 0.3) is 10.7 Å². The van der Waals surface area contributed by atoms with Crippen LogP contribution in [0.4, 0.5) is 13.2 Å². The van der Waals surface area contributed by atoms with Gasteiger partial charge >= 0.3 is 6.18 Å². The van der Waals surface area contributed by atoms with Gasteiger partial charge in [-0.15, -0.1) is 10.2 Å². The zero-order chi connectivity index (χ0) is 11.8. The average molecular weight is 294 g/mol. The lowest BCUT2D eigenvalue weighted by Gasteiger charge is -2.05. The van der Waals surface area contributed by atoms with Crippen LogP contribution in [0.25, 0.3) is 11.6 Å². The van der Waals surface area contributed by atoms with Gasteiger partial charge in [-0.3, -0.25) is 4.98 Å². The maximum Gasteiger partial charge on any atom is 0.417 e. The van der Waals surface area contributed by atoms with Crippen molar-refractivity contribution in [1.82, 2.24) is 15.2 Å². The number of aromatic nitrogens is 3. The fourth-order valence-electron chi connectivity index (χ4n) is 0.997. The first-order valence-electron chi connectivity index (χ1n) is 3.99. The Bertz CT molecular complexity index is 494. The van der Waals surface area contributed by atoms with Crippen molar-refractivity contribution in [2.45, 2.75) is 6.18 Å². The Morgan fingerprint density at radius 3 is 2.38 bits per heavy atom. The van der Waals surface area contributed by atoms with E-state index >= 15 is 0 Å². The highest BCUT2D eigenvalue weighted by Crippen LogP contribution is 2.29. The molecule has 0 bridgehead atoms. The summed E-state index contributed by atoms with van der Waals surface area (Å²) >= 11 is 2.93. The van der Waals surface area contributed by atoms with Crippen LogP contribution in [0, 0.1) is 0 Å². The molecule has 84 valence electrons. The fourth-order valence-corrected chi connectivity index (χ4v) is 1.23. The van der Waals surface area contributed by atoms with E-state index in [-0.39, 0.29) is 16.4 Å². The first kappa shape index (κ1) is 11.1. The standard InChI is InChI=1S/C8H3BrF3N3O/c9-7-15-14-6(16-7)5-2-1-4(3-13-5)8(10,11)12/h1-3H. The SMILES string of the molecule is FC(F)(F)c1ccc(-c2nnc(Br)o2)nc1. The molecule has 0 atom stereocenters. The van der Waals surface area contributed by atoms with E-state index < -0.39 is 11.7 Å². The smallest absolute Gasteiger partial charge is 0.409 e. The van der Waals surface area contributed by atoms with Crippen LogP contribution in [0.1, 0.15) is 5.56 Å². The Balaban J connectivity index is 2.33. The van der Waals surface area contributed by atoms with Gasteiger partial charge in [0.2, 0.25) is 0 Å². The number of hydrogen-bond donors (Lipinski definition) is 0. The Hall–Kier alpha value is -1.44. The summed E-state index contributed by atoms with van der Waals surface area (Å²) in [5.74, 6) is 0.0561. The zero-order valence-corrected chi connectivity index (χ0v) is 9.08. The summed E-state index contributed by atoms with van der Waals surface area (Å²) in [7, 11) is 0. The van der Waals surface area contributed by atoms with Crippen LogP contribution >= 0.6 is 15.9 Å². The van der Waals surface area contributed by atoms with E-state index in [0.717, 1.165) is 6.07 Å². The number of alkyl halides is 3. The highest BCUT2D eigenvalue weighted by Gasteiger charge is 2.30. The van der Waals surface area contributed by atoms with Gasteiger partial charge in [-0.2, -0.15) is 13.2 Å². The third-order valence-electron chi connectivity index (χ3n) is 1.71. The molecule has 0 saturated heterocycles. The maximum absolute atomic E-state index is 12.2. The molecule has 4 nitrogen and oxygen atoms in total. The predicted octanol–water partition coefficient (Wildman–Crippen LogP) is 2.91. The van der Waals surface area contributed by atoms with Crippen LogP contribution in [0.5, 0.6) is 0 Å². The van der Waals surface area contributed by atoms with Gasteiger partial charge in [0, 0.05) is 22.1 Å². The fraction of sp³-hybridized carbons (Fsp3) is 0.125. The molecule has 2 aromatic rings. The Labute approximate surface area is 95.6 Å². The molecule has 0 fully saturated rings. The molecular formula is C8H3BrF3N3O. The van der Waals surface area contributed by atoms with Gasteiger partial charge < -0.3 is 4.42 Å². The van der Waals surface area contributed by atoms with Crippen molar-refractivity contribution in [1.29, 1.82) is 0 Å². The number of pyridine rings is 1. The van der Waals surface area contributed by atoms with Gasteiger partial charge in [0.15, 0.2) is 0 Å². The van der Waals surface area contributed by atoms with Crippen molar-refractivity contribution in [2.24, 2.45) is 0 Å². The molecule has 2 aromatic heterocycles. The van der Waals surface area contributed by atoms with E-state index in [1.807, 2.05) is 0 Å². The molecule has 0 N–H and O–H groups in total. The van der Waals surface area contributed by atoms with Crippen LogP contribution in [0.2, 0.25) is 0 Å². The lowest BCUT2D eigenvalue weighted by molar-refractivity contribution is -0.137. The zero-order valence-electron chi connectivity index (χ0n) is 7.49. The summed E-state index contributed by atoms with van der Waals surface area (Å²) in [5, 5.41) is 7.07. The van der Waals surface area contributed by atoms with E-state index in [4.69, 9.17) is 4.42 Å². The van der Waals surface area contributed by atoms with E-state index in [1.165, 1.54) is 6.07 Å². The van der Waals surface area contributed by atoms with Crippen molar-refractivity contribution in [3.63, 3.8) is 0 Å². The number of hydrogen-bond acceptors (Lipinski definition) is 4. The summed E-state index contributed by atoms with van der Waals surface area (Å²) in [6.45, 7) is 0. The second kappa shape index (κ2) is 3.85. The van der Waals surface area contributed by atoms with Gasteiger partial charge in [-0.1, -0.05) is 0 Å². The largest absolute Gasteiger partial charge is 0.417 e. The summed E-state index contributed by atoms with van der Waals surface area (Å²) in [4.78, 5) is 3.73. The highest BCUT2D eigenvalue weighted by molar-refractivity contribution is 9.10. The molecule has 2 rings (SSSR count). The molecule has 0 spiro atoms. The Morgan fingerprint density at radius 1 is 1.19 bits per heavy atom. The summed E-state index contributed by atoms with van der Waals surface area (Å²) in [5.41, 5.74) is -0.638. The summed E-state index contributed by atoms with van der Waals surface area (Å²) in [6, 6.07) is 2.07. The normalized spacial score (nSPS) is 11.8. The maximum atomic E-state index is 12.2. The Kier molecular flexibility index (Phi) is 2.66. The van der Waals surface area contributed by atoms with Crippen molar-refractivity contribution >= 4 is 15.9 Å². The summed E-state index contributed by atoms with van der Waals surface area (Å²) < 4.78 is 41.6. The molecule has 8 heteroatoms. The molecule has 16 heavy (non-hydrogen) atoms. The molecular weight excluding hydrogens is 291 g/mol. The third-order valence-corrected chi connectivity index (χ3v) is 2.03. The van der Waals surface area contributed by atoms with Crippen LogP contribution in [0.15, 0.2) is 27.5 Å². The topological polar surface area (TPSA) is 51.8 Å². The molecule has 0 aromatic carbocycles. The highest BCUT2D eigenvalue weighted by atomic mass is 79.9. The number of nitrogens with zero attached hydrogens (tertiary/aromatic N) is 3. The lowest BCUT2D eigenvalue weighted by atomic mass is 10.2. The second-order valence-electron chi connectivity index (χ2n) is 2.79. The molecule has 0 amide bonds. The van der Waals surface area contributed by atoms with Gasteiger partial charge in [-0.05, 0) is 12.1 Å². The van der Waals surface area contributed by atoms with Crippen LogP contribution < -0.4 is 0 Å². The van der Waals surface area contributed by atoms with Crippen molar-refractivity contribution in [2.75, 3.05) is 0 Å². The quantitative estimate of drug-likeness (QED) is 0.811. The van der Waals surface area contributed by atoms with E-state index in [2.05, 4.69) is 31.1 Å². The first-order valence-corrected chi connectivity index (χ1v) is 4.79. The van der Waals surface area contributed by atoms with Crippen LogP contribution in [-0.4, -0.2) is 15.2 Å².